The van der Waals surface area contributed by atoms with Crippen molar-refractivity contribution in [3.8, 4) is 0 Å². The lowest BCUT2D eigenvalue weighted by atomic mass is 10.2. The quantitative estimate of drug-likeness (QED) is 0.887. The van der Waals surface area contributed by atoms with Crippen LogP contribution in [-0.2, 0) is 14.8 Å². The van der Waals surface area contributed by atoms with Gasteiger partial charge >= 0.3 is 0 Å². The molecule has 23 heavy (non-hydrogen) atoms. The highest BCUT2D eigenvalue weighted by Crippen LogP contribution is 2.31. The number of methoxy groups -OCH3 is 1. The average Bonchev–Trinajstić information content (AvgIpc) is 3.00. The number of nitrogens with one attached hydrogen (secondary N) is 1. The molecule has 0 aliphatic carbocycles. The maximum Gasteiger partial charge on any atom is 0.216 e. The number of halogens is 1. The van der Waals surface area contributed by atoms with Crippen LogP contribution in [0.15, 0.2) is 24.4 Å². The Morgan fingerprint density at radius 1 is 1.26 bits per heavy atom. The maximum absolute atomic E-state index is 12.2. The topological polar surface area (TPSA) is 65.6 Å². The van der Waals surface area contributed by atoms with Gasteiger partial charge in [0.15, 0.2) is 0 Å². The molecule has 1 aliphatic heterocycles. The van der Waals surface area contributed by atoms with Crippen LogP contribution in [-0.4, -0.2) is 63.4 Å². The third-order valence-electron chi connectivity index (χ3n) is 4.13. The van der Waals surface area contributed by atoms with E-state index >= 15 is 0 Å². The Morgan fingerprint density at radius 3 is 2.70 bits per heavy atom. The van der Waals surface area contributed by atoms with E-state index in [0.29, 0.717) is 31.2 Å². The summed E-state index contributed by atoms with van der Waals surface area (Å²) in [5.74, 6) is 0.0305. The second-order valence-corrected chi connectivity index (χ2v) is 8.08. The number of ether oxygens (including phenoxy) is 1. The number of rotatable bonds is 5. The molecule has 3 rings (SSSR count). The van der Waals surface area contributed by atoms with Crippen LogP contribution < -0.4 is 4.90 Å². The van der Waals surface area contributed by atoms with Crippen molar-refractivity contribution in [1.82, 2.24) is 9.29 Å². The second kappa shape index (κ2) is 6.68. The lowest BCUT2D eigenvalue weighted by Gasteiger charge is -2.35. The molecule has 1 N–H and O–H groups in total. The molecule has 0 saturated carbocycles. The lowest BCUT2D eigenvalue weighted by molar-refractivity contribution is 0.215. The first-order chi connectivity index (χ1) is 11.0. The van der Waals surface area contributed by atoms with E-state index in [1.165, 1.54) is 7.11 Å². The highest BCUT2D eigenvalue weighted by molar-refractivity contribution is 7.89. The number of sulfonamides is 1. The molecule has 1 fully saturated rings. The standard InChI is InChI=1S/C15H20ClN3O3S/c1-22-8-9-23(20,21)19-6-4-18(5-7-19)15-11-12(16)10-14-13(15)2-3-17-14/h2-3,10-11,17H,4-9H2,1H3. The SMILES string of the molecule is COCCS(=O)(=O)N1CCN(c2cc(Cl)cc3[nH]ccc23)CC1. The Hall–Kier alpha value is -1.28. The summed E-state index contributed by atoms with van der Waals surface area (Å²) in [7, 11) is -1.73. The number of nitrogens with zero attached hydrogens (tertiary/aromatic N) is 2. The number of H-pyrrole nitrogens is 1. The number of anilines is 1. The van der Waals surface area contributed by atoms with Gasteiger partial charge in [0.05, 0.1) is 12.4 Å². The van der Waals surface area contributed by atoms with Gasteiger partial charge in [-0.3, -0.25) is 0 Å². The molecular weight excluding hydrogens is 338 g/mol. The minimum atomic E-state index is -3.24. The summed E-state index contributed by atoms with van der Waals surface area (Å²) in [4.78, 5) is 5.35. The van der Waals surface area contributed by atoms with E-state index in [0.717, 1.165) is 16.6 Å². The van der Waals surface area contributed by atoms with Gasteiger partial charge in [-0.15, -0.1) is 0 Å². The molecular formula is C15H20ClN3O3S. The number of aromatic nitrogens is 1. The zero-order valence-corrected chi connectivity index (χ0v) is 14.5. The number of benzene rings is 1. The molecule has 1 saturated heterocycles. The molecule has 2 heterocycles. The predicted octanol–water partition coefficient (Wildman–Crippen LogP) is 1.92. The van der Waals surface area contributed by atoms with E-state index in [-0.39, 0.29) is 12.4 Å². The summed E-state index contributed by atoms with van der Waals surface area (Å²) in [5, 5.41) is 1.77. The summed E-state index contributed by atoms with van der Waals surface area (Å²) in [5.41, 5.74) is 2.03. The normalized spacial score (nSPS) is 17.0. The van der Waals surface area contributed by atoms with Crippen molar-refractivity contribution < 1.29 is 13.2 Å². The van der Waals surface area contributed by atoms with Crippen molar-refractivity contribution in [2.24, 2.45) is 0 Å². The van der Waals surface area contributed by atoms with Gasteiger partial charge in [0.1, 0.15) is 0 Å². The fourth-order valence-corrected chi connectivity index (χ4v) is 4.47. The zero-order valence-electron chi connectivity index (χ0n) is 13.0. The smallest absolute Gasteiger partial charge is 0.216 e. The van der Waals surface area contributed by atoms with E-state index in [9.17, 15) is 8.42 Å². The third kappa shape index (κ3) is 3.47. The van der Waals surface area contributed by atoms with Crippen molar-refractivity contribution in [1.29, 1.82) is 0 Å². The van der Waals surface area contributed by atoms with Crippen molar-refractivity contribution >= 4 is 38.2 Å². The molecule has 2 aromatic rings. The number of fused-ring (bicyclic) bond motifs is 1. The van der Waals surface area contributed by atoms with E-state index in [1.807, 2.05) is 24.4 Å². The van der Waals surface area contributed by atoms with Gasteiger partial charge in [-0.1, -0.05) is 11.6 Å². The van der Waals surface area contributed by atoms with Crippen LogP contribution in [0.5, 0.6) is 0 Å². The third-order valence-corrected chi connectivity index (χ3v) is 6.18. The summed E-state index contributed by atoms with van der Waals surface area (Å²) < 4.78 is 30.8. The molecule has 0 atom stereocenters. The van der Waals surface area contributed by atoms with E-state index < -0.39 is 10.0 Å². The fourth-order valence-electron chi connectivity index (χ4n) is 2.90. The van der Waals surface area contributed by atoms with Gasteiger partial charge in [0.25, 0.3) is 0 Å². The second-order valence-electron chi connectivity index (χ2n) is 5.56. The Labute approximate surface area is 141 Å². The molecule has 0 bridgehead atoms. The van der Waals surface area contributed by atoms with Gasteiger partial charge < -0.3 is 14.6 Å². The highest BCUT2D eigenvalue weighted by Gasteiger charge is 2.27. The molecule has 8 heteroatoms. The summed E-state index contributed by atoms with van der Waals surface area (Å²) in [6, 6.07) is 5.85. The largest absolute Gasteiger partial charge is 0.384 e. The predicted molar refractivity (Wildman–Crippen MR) is 92.8 cm³/mol. The van der Waals surface area contributed by atoms with Crippen molar-refractivity contribution in [2.75, 3.05) is 50.5 Å². The van der Waals surface area contributed by atoms with E-state index in [2.05, 4.69) is 9.88 Å². The Balaban J connectivity index is 1.75. The van der Waals surface area contributed by atoms with Crippen molar-refractivity contribution in [3.05, 3.63) is 29.4 Å². The molecule has 1 aliphatic rings. The van der Waals surface area contributed by atoms with Crippen LogP contribution >= 0.6 is 11.6 Å². The van der Waals surface area contributed by atoms with Gasteiger partial charge in [0.2, 0.25) is 10.0 Å². The summed E-state index contributed by atoms with van der Waals surface area (Å²) in [6.45, 7) is 2.47. The molecule has 0 amide bonds. The highest BCUT2D eigenvalue weighted by atomic mass is 35.5. The summed E-state index contributed by atoms with van der Waals surface area (Å²) in [6.07, 6.45) is 1.88. The summed E-state index contributed by atoms with van der Waals surface area (Å²) >= 11 is 6.19. The first kappa shape index (κ1) is 16.6. The van der Waals surface area contributed by atoms with Gasteiger partial charge in [0, 0.05) is 61.1 Å². The number of piperazine rings is 1. The molecule has 6 nitrogen and oxygen atoms in total. The molecule has 1 aromatic heterocycles. The van der Waals surface area contributed by atoms with Gasteiger partial charge in [-0.2, -0.15) is 4.31 Å². The van der Waals surface area contributed by atoms with Crippen LogP contribution in [0, 0.1) is 0 Å². The average molecular weight is 358 g/mol. The number of hydrogen-bond acceptors (Lipinski definition) is 4. The Bertz CT molecular complexity index is 782. The minimum absolute atomic E-state index is 0.0305. The minimum Gasteiger partial charge on any atom is -0.384 e. The Morgan fingerprint density at radius 2 is 2.00 bits per heavy atom. The van der Waals surface area contributed by atoms with Crippen molar-refractivity contribution in [3.63, 3.8) is 0 Å². The molecule has 0 unspecified atom stereocenters. The van der Waals surface area contributed by atoms with Gasteiger partial charge in [-0.25, -0.2) is 8.42 Å². The fraction of sp³-hybridized carbons (Fsp3) is 0.467. The molecule has 0 radical (unpaired) electrons. The molecule has 0 spiro atoms. The van der Waals surface area contributed by atoms with E-state index in [1.54, 1.807) is 4.31 Å². The van der Waals surface area contributed by atoms with Crippen LogP contribution in [0.4, 0.5) is 5.69 Å². The lowest BCUT2D eigenvalue weighted by Crippen LogP contribution is -2.49. The van der Waals surface area contributed by atoms with Crippen molar-refractivity contribution in [2.45, 2.75) is 0 Å². The number of aromatic amines is 1. The molecule has 126 valence electrons. The van der Waals surface area contributed by atoms with Crippen LogP contribution in [0.1, 0.15) is 0 Å². The zero-order chi connectivity index (χ0) is 16.4. The monoisotopic (exact) mass is 357 g/mol. The van der Waals surface area contributed by atoms with Crippen LogP contribution in [0.25, 0.3) is 10.9 Å². The van der Waals surface area contributed by atoms with Crippen LogP contribution in [0.2, 0.25) is 5.02 Å². The first-order valence-electron chi connectivity index (χ1n) is 7.49. The first-order valence-corrected chi connectivity index (χ1v) is 9.48. The Kier molecular flexibility index (Phi) is 4.82. The van der Waals surface area contributed by atoms with Gasteiger partial charge in [-0.05, 0) is 18.2 Å². The molecule has 1 aromatic carbocycles. The van der Waals surface area contributed by atoms with E-state index in [4.69, 9.17) is 16.3 Å². The number of hydrogen-bond donors (Lipinski definition) is 1. The maximum atomic E-state index is 12.2. The van der Waals surface area contributed by atoms with Crippen LogP contribution in [0.3, 0.4) is 0 Å².